The third kappa shape index (κ3) is 3.46. The van der Waals surface area contributed by atoms with Gasteiger partial charge in [-0.25, -0.2) is 12.4 Å². The second-order valence-electron chi connectivity index (χ2n) is 6.24. The fraction of sp³-hybridized carbons (Fsp3) is 0.263. The molecule has 0 aliphatic carbocycles. The summed E-state index contributed by atoms with van der Waals surface area (Å²) in [6, 6.07) is 14.4. The van der Waals surface area contributed by atoms with Crippen LogP contribution in [0, 0.1) is 6.92 Å². The molecule has 0 radical (unpaired) electrons. The van der Waals surface area contributed by atoms with Crippen LogP contribution in [0.15, 0.2) is 59.6 Å². The first-order valence-electron chi connectivity index (χ1n) is 8.14. The van der Waals surface area contributed by atoms with Crippen LogP contribution in [-0.4, -0.2) is 42.6 Å². The van der Waals surface area contributed by atoms with E-state index in [0.29, 0.717) is 18.6 Å². The van der Waals surface area contributed by atoms with Crippen LogP contribution in [0.2, 0.25) is 0 Å². The molecule has 0 bridgehead atoms. The van der Waals surface area contributed by atoms with Crippen molar-refractivity contribution in [1.82, 2.24) is 8.87 Å². The number of likely N-dealkylation sites (N-methyl/N-ethyl adjacent to an activating group) is 1. The number of rotatable bonds is 6. The predicted molar refractivity (Wildman–Crippen MR) is 99.1 cm³/mol. The SMILES string of the molecule is Cc1cccc(S(=O)(=O)n2ccc3c(CN(C)CCO)cccc32)c1. The molecule has 0 spiro atoms. The Hall–Kier alpha value is -2.15. The first-order valence-corrected chi connectivity index (χ1v) is 9.58. The number of nitrogens with zero attached hydrogens (tertiary/aromatic N) is 2. The minimum atomic E-state index is -3.64. The summed E-state index contributed by atoms with van der Waals surface area (Å²) < 4.78 is 27.4. The highest BCUT2D eigenvalue weighted by atomic mass is 32.2. The zero-order valence-electron chi connectivity index (χ0n) is 14.4. The largest absolute Gasteiger partial charge is 0.395 e. The van der Waals surface area contributed by atoms with Crippen molar-refractivity contribution >= 4 is 20.9 Å². The average Bonchev–Trinajstić information content (AvgIpc) is 3.01. The van der Waals surface area contributed by atoms with Gasteiger partial charge < -0.3 is 5.11 Å². The monoisotopic (exact) mass is 358 g/mol. The Morgan fingerprint density at radius 3 is 2.60 bits per heavy atom. The number of fused-ring (bicyclic) bond motifs is 1. The standard InChI is InChI=1S/C19H22N2O3S/c1-15-5-3-7-17(13-15)25(23,24)21-10-9-18-16(6-4-8-19(18)21)14-20(2)11-12-22/h3-10,13,22H,11-12,14H2,1-2H3. The van der Waals surface area contributed by atoms with E-state index >= 15 is 0 Å². The predicted octanol–water partition coefficient (Wildman–Crippen LogP) is 2.61. The lowest BCUT2D eigenvalue weighted by molar-refractivity contribution is 0.217. The third-order valence-corrected chi connectivity index (χ3v) is 5.94. The molecule has 3 aromatic rings. The summed E-state index contributed by atoms with van der Waals surface area (Å²) in [6.07, 6.45) is 1.61. The van der Waals surface area contributed by atoms with E-state index in [0.717, 1.165) is 16.5 Å². The van der Waals surface area contributed by atoms with Gasteiger partial charge in [-0.1, -0.05) is 24.3 Å². The highest BCUT2D eigenvalue weighted by molar-refractivity contribution is 7.90. The topological polar surface area (TPSA) is 62.5 Å². The van der Waals surface area contributed by atoms with Gasteiger partial charge in [-0.05, 0) is 49.4 Å². The summed E-state index contributed by atoms with van der Waals surface area (Å²) in [5.41, 5.74) is 2.60. The Kier molecular flexibility index (Phi) is 4.94. The number of aliphatic hydroxyl groups is 1. The lowest BCUT2D eigenvalue weighted by atomic mass is 10.1. The summed E-state index contributed by atoms with van der Waals surface area (Å²) in [6.45, 7) is 3.18. The molecule has 1 aromatic heterocycles. The average molecular weight is 358 g/mol. The van der Waals surface area contributed by atoms with E-state index in [1.807, 2.05) is 49.2 Å². The lowest BCUT2D eigenvalue weighted by Gasteiger charge is -2.16. The molecule has 0 saturated carbocycles. The molecular weight excluding hydrogens is 336 g/mol. The van der Waals surface area contributed by atoms with Crippen molar-refractivity contribution in [2.75, 3.05) is 20.2 Å². The number of aryl methyl sites for hydroxylation is 1. The van der Waals surface area contributed by atoms with Gasteiger partial charge in [0.1, 0.15) is 0 Å². The Bertz CT molecular complexity index is 993. The molecule has 25 heavy (non-hydrogen) atoms. The molecule has 0 aliphatic heterocycles. The van der Waals surface area contributed by atoms with Crippen molar-refractivity contribution in [3.63, 3.8) is 0 Å². The molecule has 5 nitrogen and oxygen atoms in total. The first-order chi connectivity index (χ1) is 11.9. The molecule has 0 fully saturated rings. The fourth-order valence-corrected chi connectivity index (χ4v) is 4.44. The summed E-state index contributed by atoms with van der Waals surface area (Å²) in [5.74, 6) is 0. The van der Waals surface area contributed by atoms with Crippen molar-refractivity contribution in [3.05, 3.63) is 65.9 Å². The lowest BCUT2D eigenvalue weighted by Crippen LogP contribution is -2.21. The smallest absolute Gasteiger partial charge is 0.268 e. The van der Waals surface area contributed by atoms with E-state index in [9.17, 15) is 8.42 Å². The summed E-state index contributed by atoms with van der Waals surface area (Å²) >= 11 is 0. The van der Waals surface area contributed by atoms with Crippen LogP contribution < -0.4 is 0 Å². The van der Waals surface area contributed by atoms with Gasteiger partial charge in [0.25, 0.3) is 10.0 Å². The maximum Gasteiger partial charge on any atom is 0.268 e. The summed E-state index contributed by atoms with van der Waals surface area (Å²) in [7, 11) is -1.71. The summed E-state index contributed by atoms with van der Waals surface area (Å²) in [5, 5.41) is 9.97. The Morgan fingerprint density at radius 1 is 1.12 bits per heavy atom. The van der Waals surface area contributed by atoms with Crippen LogP contribution in [0.5, 0.6) is 0 Å². The second kappa shape index (κ2) is 7.00. The number of aromatic nitrogens is 1. The van der Waals surface area contributed by atoms with E-state index in [1.54, 1.807) is 24.4 Å². The molecule has 2 aromatic carbocycles. The van der Waals surface area contributed by atoms with E-state index in [-0.39, 0.29) is 11.5 Å². The van der Waals surface area contributed by atoms with Crippen molar-refractivity contribution in [2.45, 2.75) is 18.4 Å². The van der Waals surface area contributed by atoms with Crippen LogP contribution >= 0.6 is 0 Å². The number of benzene rings is 2. The minimum absolute atomic E-state index is 0.0925. The third-order valence-electron chi connectivity index (χ3n) is 4.26. The van der Waals surface area contributed by atoms with Crippen LogP contribution in [0.25, 0.3) is 10.9 Å². The maximum absolute atomic E-state index is 13.0. The van der Waals surface area contributed by atoms with Gasteiger partial charge >= 0.3 is 0 Å². The fourth-order valence-electron chi connectivity index (χ4n) is 2.98. The first kappa shape index (κ1) is 17.7. The van der Waals surface area contributed by atoms with Gasteiger partial charge in [0.05, 0.1) is 17.0 Å². The van der Waals surface area contributed by atoms with E-state index in [4.69, 9.17) is 5.11 Å². The van der Waals surface area contributed by atoms with Gasteiger partial charge in [-0.15, -0.1) is 0 Å². The molecule has 0 saturated heterocycles. The second-order valence-corrected chi connectivity index (χ2v) is 8.06. The van der Waals surface area contributed by atoms with E-state index in [1.165, 1.54) is 3.97 Å². The van der Waals surface area contributed by atoms with Gasteiger partial charge in [0, 0.05) is 24.7 Å². The van der Waals surface area contributed by atoms with Gasteiger partial charge in [0.15, 0.2) is 0 Å². The summed E-state index contributed by atoms with van der Waals surface area (Å²) in [4.78, 5) is 2.29. The molecule has 1 N–H and O–H groups in total. The van der Waals surface area contributed by atoms with Crippen molar-refractivity contribution in [1.29, 1.82) is 0 Å². The number of hydrogen-bond acceptors (Lipinski definition) is 4. The van der Waals surface area contributed by atoms with Gasteiger partial charge in [-0.3, -0.25) is 4.90 Å². The molecule has 3 rings (SSSR count). The Balaban J connectivity index is 2.07. The molecule has 6 heteroatoms. The van der Waals surface area contributed by atoms with Crippen molar-refractivity contribution < 1.29 is 13.5 Å². The van der Waals surface area contributed by atoms with Crippen LogP contribution in [-0.2, 0) is 16.6 Å². The highest BCUT2D eigenvalue weighted by Gasteiger charge is 2.19. The molecular formula is C19H22N2O3S. The highest BCUT2D eigenvalue weighted by Crippen LogP contribution is 2.25. The maximum atomic E-state index is 13.0. The molecule has 0 amide bonds. The zero-order valence-corrected chi connectivity index (χ0v) is 15.2. The van der Waals surface area contributed by atoms with Crippen LogP contribution in [0.3, 0.4) is 0 Å². The Labute approximate surface area is 148 Å². The quantitative estimate of drug-likeness (QED) is 0.736. The molecule has 0 atom stereocenters. The van der Waals surface area contributed by atoms with E-state index < -0.39 is 10.0 Å². The van der Waals surface area contributed by atoms with E-state index in [2.05, 4.69) is 0 Å². The Morgan fingerprint density at radius 2 is 1.88 bits per heavy atom. The normalized spacial score (nSPS) is 12.2. The molecule has 1 heterocycles. The van der Waals surface area contributed by atoms with Crippen LogP contribution in [0.1, 0.15) is 11.1 Å². The van der Waals surface area contributed by atoms with Crippen LogP contribution in [0.4, 0.5) is 0 Å². The van der Waals surface area contributed by atoms with Crippen molar-refractivity contribution in [2.24, 2.45) is 0 Å². The molecule has 0 aliphatic rings. The minimum Gasteiger partial charge on any atom is -0.395 e. The van der Waals surface area contributed by atoms with Gasteiger partial charge in [0.2, 0.25) is 0 Å². The zero-order chi connectivity index (χ0) is 18.0. The van der Waals surface area contributed by atoms with Crippen molar-refractivity contribution in [3.8, 4) is 0 Å². The number of aliphatic hydroxyl groups excluding tert-OH is 1. The molecule has 0 unspecified atom stereocenters. The number of hydrogen-bond donors (Lipinski definition) is 1. The molecule has 132 valence electrons. The van der Waals surface area contributed by atoms with Gasteiger partial charge in [-0.2, -0.15) is 0 Å².